The van der Waals surface area contributed by atoms with Crippen molar-refractivity contribution in [1.29, 1.82) is 0 Å². The highest BCUT2D eigenvalue weighted by Crippen LogP contribution is 2.33. The average Bonchev–Trinajstić information content (AvgIpc) is 3.05. The number of fused-ring (bicyclic) bond motifs is 1. The SMILES string of the molecule is CCNCc1nccn1Cc1cc(Cl)cc2c1OCC2. The third-order valence-electron chi connectivity index (χ3n) is 3.50. The molecule has 2 heterocycles. The zero-order valence-electron chi connectivity index (χ0n) is 11.5. The molecule has 1 aromatic heterocycles. The standard InChI is InChI=1S/C15H18ClN3O/c1-2-17-9-14-18-4-5-19(14)10-12-8-13(16)7-11-3-6-20-15(11)12/h4-5,7-8,17H,2-3,6,9-10H2,1H3. The molecule has 0 radical (unpaired) electrons. The molecule has 1 aromatic carbocycles. The van der Waals surface area contributed by atoms with E-state index in [9.17, 15) is 0 Å². The van der Waals surface area contributed by atoms with Gasteiger partial charge in [0.15, 0.2) is 0 Å². The number of rotatable bonds is 5. The van der Waals surface area contributed by atoms with E-state index in [1.807, 2.05) is 24.5 Å². The van der Waals surface area contributed by atoms with Crippen molar-refractivity contribution in [2.24, 2.45) is 0 Å². The van der Waals surface area contributed by atoms with Crippen molar-refractivity contribution in [1.82, 2.24) is 14.9 Å². The molecule has 0 unspecified atom stereocenters. The van der Waals surface area contributed by atoms with Crippen LogP contribution in [0.4, 0.5) is 0 Å². The van der Waals surface area contributed by atoms with Crippen LogP contribution < -0.4 is 10.1 Å². The van der Waals surface area contributed by atoms with Crippen LogP contribution in [0.3, 0.4) is 0 Å². The van der Waals surface area contributed by atoms with Crippen molar-refractivity contribution < 1.29 is 4.74 Å². The molecule has 106 valence electrons. The largest absolute Gasteiger partial charge is 0.493 e. The van der Waals surface area contributed by atoms with E-state index in [2.05, 4.69) is 21.8 Å². The smallest absolute Gasteiger partial charge is 0.127 e. The molecule has 0 bridgehead atoms. The van der Waals surface area contributed by atoms with Gasteiger partial charge in [-0.15, -0.1) is 0 Å². The monoisotopic (exact) mass is 291 g/mol. The Morgan fingerprint density at radius 3 is 3.20 bits per heavy atom. The summed E-state index contributed by atoms with van der Waals surface area (Å²) in [6.45, 7) is 5.28. The van der Waals surface area contributed by atoms with Gasteiger partial charge in [0, 0.05) is 29.4 Å². The summed E-state index contributed by atoms with van der Waals surface area (Å²) in [5, 5.41) is 4.08. The van der Waals surface area contributed by atoms with Gasteiger partial charge >= 0.3 is 0 Å². The number of nitrogens with one attached hydrogen (secondary N) is 1. The summed E-state index contributed by atoms with van der Waals surface area (Å²) in [6, 6.07) is 3.99. The highest BCUT2D eigenvalue weighted by molar-refractivity contribution is 6.30. The summed E-state index contributed by atoms with van der Waals surface area (Å²) in [4.78, 5) is 4.39. The number of aromatic nitrogens is 2. The molecule has 2 aromatic rings. The number of nitrogens with zero attached hydrogens (tertiary/aromatic N) is 2. The molecule has 0 amide bonds. The van der Waals surface area contributed by atoms with E-state index in [4.69, 9.17) is 16.3 Å². The Kier molecular flexibility index (Phi) is 3.94. The maximum Gasteiger partial charge on any atom is 0.127 e. The molecule has 0 spiro atoms. The van der Waals surface area contributed by atoms with Crippen LogP contribution in [0, 0.1) is 0 Å². The van der Waals surface area contributed by atoms with E-state index in [0.29, 0.717) is 0 Å². The molecule has 4 nitrogen and oxygen atoms in total. The number of benzene rings is 1. The van der Waals surface area contributed by atoms with E-state index < -0.39 is 0 Å². The first-order valence-electron chi connectivity index (χ1n) is 6.92. The third-order valence-corrected chi connectivity index (χ3v) is 3.72. The minimum Gasteiger partial charge on any atom is -0.493 e. The van der Waals surface area contributed by atoms with Gasteiger partial charge in [0.05, 0.1) is 19.7 Å². The predicted octanol–water partition coefficient (Wildman–Crippen LogP) is 2.63. The van der Waals surface area contributed by atoms with Crippen molar-refractivity contribution in [2.45, 2.75) is 26.4 Å². The van der Waals surface area contributed by atoms with Crippen LogP contribution in [0.5, 0.6) is 5.75 Å². The quantitative estimate of drug-likeness (QED) is 0.920. The molecule has 0 fully saturated rings. The summed E-state index contributed by atoms with van der Waals surface area (Å²) >= 11 is 6.20. The normalized spacial score (nSPS) is 13.3. The van der Waals surface area contributed by atoms with Gasteiger partial charge in [-0.2, -0.15) is 0 Å². The lowest BCUT2D eigenvalue weighted by molar-refractivity contribution is 0.352. The predicted molar refractivity (Wildman–Crippen MR) is 79.4 cm³/mol. The Morgan fingerprint density at radius 1 is 1.45 bits per heavy atom. The number of hydrogen-bond acceptors (Lipinski definition) is 3. The van der Waals surface area contributed by atoms with Gasteiger partial charge in [-0.3, -0.25) is 0 Å². The second-order valence-corrected chi connectivity index (χ2v) is 5.34. The molecule has 1 N–H and O–H groups in total. The van der Waals surface area contributed by atoms with Crippen LogP contribution in [0.15, 0.2) is 24.5 Å². The summed E-state index contributed by atoms with van der Waals surface area (Å²) < 4.78 is 7.88. The van der Waals surface area contributed by atoms with Gasteiger partial charge in [0.25, 0.3) is 0 Å². The van der Waals surface area contributed by atoms with Crippen molar-refractivity contribution in [3.05, 3.63) is 46.5 Å². The van der Waals surface area contributed by atoms with Gasteiger partial charge in [0.2, 0.25) is 0 Å². The summed E-state index contributed by atoms with van der Waals surface area (Å²) in [7, 11) is 0. The van der Waals surface area contributed by atoms with Gasteiger partial charge in [-0.05, 0) is 24.2 Å². The Morgan fingerprint density at radius 2 is 2.35 bits per heavy atom. The number of ether oxygens (including phenoxy) is 1. The fraction of sp³-hybridized carbons (Fsp3) is 0.400. The fourth-order valence-corrected chi connectivity index (χ4v) is 2.80. The maximum atomic E-state index is 6.20. The molecule has 0 saturated heterocycles. The molecule has 5 heteroatoms. The Balaban J connectivity index is 1.87. The second-order valence-electron chi connectivity index (χ2n) is 4.90. The lowest BCUT2D eigenvalue weighted by atomic mass is 10.1. The Bertz CT molecular complexity index is 609. The van der Waals surface area contributed by atoms with Gasteiger partial charge in [-0.1, -0.05) is 18.5 Å². The molecule has 20 heavy (non-hydrogen) atoms. The van der Waals surface area contributed by atoms with E-state index in [1.165, 1.54) is 5.56 Å². The van der Waals surface area contributed by atoms with Gasteiger partial charge in [-0.25, -0.2) is 4.98 Å². The van der Waals surface area contributed by atoms with E-state index >= 15 is 0 Å². The van der Waals surface area contributed by atoms with Crippen LogP contribution in [0.25, 0.3) is 0 Å². The van der Waals surface area contributed by atoms with E-state index in [0.717, 1.165) is 54.8 Å². The van der Waals surface area contributed by atoms with Crippen molar-refractivity contribution in [3.8, 4) is 5.75 Å². The second kappa shape index (κ2) is 5.85. The van der Waals surface area contributed by atoms with Crippen LogP contribution in [-0.2, 0) is 19.5 Å². The minimum atomic E-state index is 0.740. The minimum absolute atomic E-state index is 0.740. The molecule has 0 aliphatic carbocycles. The van der Waals surface area contributed by atoms with E-state index in [-0.39, 0.29) is 0 Å². The summed E-state index contributed by atoms with van der Waals surface area (Å²) in [5.41, 5.74) is 2.33. The fourth-order valence-electron chi connectivity index (χ4n) is 2.53. The summed E-state index contributed by atoms with van der Waals surface area (Å²) in [5.74, 6) is 2.02. The molecule has 1 aliphatic rings. The van der Waals surface area contributed by atoms with Gasteiger partial charge in [0.1, 0.15) is 11.6 Å². The van der Waals surface area contributed by atoms with Crippen LogP contribution in [0.1, 0.15) is 23.9 Å². The highest BCUT2D eigenvalue weighted by Gasteiger charge is 2.18. The highest BCUT2D eigenvalue weighted by atomic mass is 35.5. The van der Waals surface area contributed by atoms with Crippen LogP contribution in [-0.4, -0.2) is 22.7 Å². The lowest BCUT2D eigenvalue weighted by Gasteiger charge is -2.12. The first-order valence-corrected chi connectivity index (χ1v) is 7.30. The summed E-state index contributed by atoms with van der Waals surface area (Å²) in [6.07, 6.45) is 4.77. The van der Waals surface area contributed by atoms with Crippen molar-refractivity contribution in [3.63, 3.8) is 0 Å². The topological polar surface area (TPSA) is 39.1 Å². The molecule has 3 rings (SSSR count). The zero-order chi connectivity index (χ0) is 13.9. The molecule has 0 atom stereocenters. The first kappa shape index (κ1) is 13.5. The lowest BCUT2D eigenvalue weighted by Crippen LogP contribution is -2.16. The van der Waals surface area contributed by atoms with E-state index in [1.54, 1.807) is 0 Å². The third kappa shape index (κ3) is 2.67. The first-order chi connectivity index (χ1) is 9.78. The number of imidazole rings is 1. The van der Waals surface area contributed by atoms with Gasteiger partial charge < -0.3 is 14.6 Å². The Hall–Kier alpha value is -1.52. The number of halogens is 1. The average molecular weight is 292 g/mol. The Labute approximate surface area is 123 Å². The van der Waals surface area contributed by atoms with Crippen molar-refractivity contribution in [2.75, 3.05) is 13.2 Å². The number of hydrogen-bond donors (Lipinski definition) is 1. The zero-order valence-corrected chi connectivity index (χ0v) is 12.3. The van der Waals surface area contributed by atoms with Crippen LogP contribution in [0.2, 0.25) is 5.02 Å². The van der Waals surface area contributed by atoms with Crippen LogP contribution >= 0.6 is 11.6 Å². The van der Waals surface area contributed by atoms with Crippen molar-refractivity contribution >= 4 is 11.6 Å². The molecular weight excluding hydrogens is 274 g/mol. The molecule has 1 aliphatic heterocycles. The molecule has 0 saturated carbocycles. The maximum absolute atomic E-state index is 6.20. The molecular formula is C15H18ClN3O.